The van der Waals surface area contributed by atoms with Crippen LogP contribution in [0.3, 0.4) is 0 Å². The van der Waals surface area contributed by atoms with Gasteiger partial charge in [0.2, 0.25) is 5.91 Å². The number of fused-ring (bicyclic) bond motifs is 1. The first kappa shape index (κ1) is 15.3. The van der Waals surface area contributed by atoms with E-state index in [1.165, 1.54) is 11.1 Å². The first-order chi connectivity index (χ1) is 11.2. The number of amides is 1. The standard InChI is InChI=1S/C19H21N3O/c1-15-9-10-17-13-21-22(18(17)12-15)14-19(23)20-11-5-8-16-6-3-2-4-7-16/h2-4,6-7,9-10,12-13H,5,8,11,14H2,1H3,(H,20,23). The molecule has 0 aliphatic rings. The first-order valence-corrected chi connectivity index (χ1v) is 7.95. The Labute approximate surface area is 136 Å². The van der Waals surface area contributed by atoms with Crippen LogP contribution in [-0.2, 0) is 17.8 Å². The van der Waals surface area contributed by atoms with Gasteiger partial charge >= 0.3 is 0 Å². The van der Waals surface area contributed by atoms with Crippen LogP contribution < -0.4 is 5.32 Å². The third-order valence-corrected chi connectivity index (χ3v) is 3.90. The Morgan fingerprint density at radius 2 is 2.00 bits per heavy atom. The molecule has 0 fully saturated rings. The van der Waals surface area contributed by atoms with E-state index in [0.29, 0.717) is 6.54 Å². The maximum absolute atomic E-state index is 12.1. The lowest BCUT2D eigenvalue weighted by atomic mass is 10.1. The molecule has 1 aromatic heterocycles. The van der Waals surface area contributed by atoms with E-state index in [4.69, 9.17) is 0 Å². The van der Waals surface area contributed by atoms with E-state index < -0.39 is 0 Å². The molecular formula is C19H21N3O. The fraction of sp³-hybridized carbons (Fsp3) is 0.263. The number of aryl methyl sites for hydroxylation is 2. The predicted octanol–water partition coefficient (Wildman–Crippen LogP) is 3.09. The molecule has 1 amide bonds. The van der Waals surface area contributed by atoms with Crippen molar-refractivity contribution in [3.63, 3.8) is 0 Å². The summed E-state index contributed by atoms with van der Waals surface area (Å²) in [5, 5.41) is 8.34. The summed E-state index contributed by atoms with van der Waals surface area (Å²) in [5.74, 6) is 0.00423. The fourth-order valence-corrected chi connectivity index (χ4v) is 2.66. The van der Waals surface area contributed by atoms with Gasteiger partial charge in [-0.1, -0.05) is 42.5 Å². The minimum Gasteiger partial charge on any atom is -0.354 e. The van der Waals surface area contributed by atoms with E-state index in [-0.39, 0.29) is 12.5 Å². The third kappa shape index (κ3) is 3.97. The monoisotopic (exact) mass is 307 g/mol. The zero-order chi connectivity index (χ0) is 16.1. The summed E-state index contributed by atoms with van der Waals surface area (Å²) in [7, 11) is 0. The van der Waals surface area contributed by atoms with Gasteiger partial charge in [0.15, 0.2) is 0 Å². The van der Waals surface area contributed by atoms with Crippen LogP contribution in [0.2, 0.25) is 0 Å². The smallest absolute Gasteiger partial charge is 0.241 e. The number of carbonyl (C=O) groups excluding carboxylic acids is 1. The minimum absolute atomic E-state index is 0.00423. The van der Waals surface area contributed by atoms with Crippen molar-refractivity contribution in [3.05, 3.63) is 65.9 Å². The van der Waals surface area contributed by atoms with Crippen molar-refractivity contribution in [2.24, 2.45) is 0 Å². The summed E-state index contributed by atoms with van der Waals surface area (Å²) >= 11 is 0. The average Bonchev–Trinajstić information content (AvgIpc) is 2.95. The molecule has 1 heterocycles. The molecule has 0 bridgehead atoms. The lowest BCUT2D eigenvalue weighted by Gasteiger charge is -2.07. The van der Waals surface area contributed by atoms with Gasteiger partial charge in [-0.15, -0.1) is 0 Å². The highest BCUT2D eigenvalue weighted by molar-refractivity contribution is 5.82. The molecular weight excluding hydrogens is 286 g/mol. The molecule has 0 aliphatic carbocycles. The molecule has 4 nitrogen and oxygen atoms in total. The average molecular weight is 307 g/mol. The van der Waals surface area contributed by atoms with Gasteiger partial charge in [-0.25, -0.2) is 0 Å². The number of nitrogens with one attached hydrogen (secondary N) is 1. The molecule has 0 radical (unpaired) electrons. The number of hydrogen-bond donors (Lipinski definition) is 1. The van der Waals surface area contributed by atoms with Crippen molar-refractivity contribution >= 4 is 16.8 Å². The Morgan fingerprint density at radius 3 is 2.83 bits per heavy atom. The van der Waals surface area contributed by atoms with Crippen LogP contribution in [0.15, 0.2) is 54.7 Å². The van der Waals surface area contributed by atoms with Gasteiger partial charge in [0.25, 0.3) is 0 Å². The van der Waals surface area contributed by atoms with Crippen LogP contribution in [0, 0.1) is 6.92 Å². The van der Waals surface area contributed by atoms with Gasteiger partial charge < -0.3 is 5.32 Å². The van der Waals surface area contributed by atoms with Crippen molar-refractivity contribution in [1.29, 1.82) is 0 Å². The second kappa shape index (κ2) is 7.09. The number of carbonyl (C=O) groups is 1. The van der Waals surface area contributed by atoms with Gasteiger partial charge in [0.05, 0.1) is 11.7 Å². The summed E-state index contributed by atoms with van der Waals surface area (Å²) in [6, 6.07) is 16.5. The molecule has 0 saturated carbocycles. The van der Waals surface area contributed by atoms with Crippen LogP contribution in [0.4, 0.5) is 0 Å². The molecule has 1 N–H and O–H groups in total. The van der Waals surface area contributed by atoms with Crippen LogP contribution in [0.1, 0.15) is 17.5 Å². The second-order valence-electron chi connectivity index (χ2n) is 5.80. The molecule has 0 aliphatic heterocycles. The Morgan fingerprint density at radius 1 is 1.17 bits per heavy atom. The predicted molar refractivity (Wildman–Crippen MR) is 92.2 cm³/mol. The summed E-state index contributed by atoms with van der Waals surface area (Å²) in [5.41, 5.74) is 3.47. The molecule has 3 rings (SSSR count). The highest BCUT2D eigenvalue weighted by atomic mass is 16.2. The number of benzene rings is 2. The Balaban J connectivity index is 1.50. The highest BCUT2D eigenvalue weighted by Crippen LogP contribution is 2.15. The van der Waals surface area contributed by atoms with Crippen molar-refractivity contribution < 1.29 is 4.79 Å². The van der Waals surface area contributed by atoms with E-state index in [1.807, 2.05) is 31.2 Å². The maximum atomic E-state index is 12.1. The van der Waals surface area contributed by atoms with Gasteiger partial charge in [-0.3, -0.25) is 9.48 Å². The Hall–Kier alpha value is -2.62. The zero-order valence-corrected chi connectivity index (χ0v) is 13.3. The topological polar surface area (TPSA) is 46.9 Å². The molecule has 118 valence electrons. The summed E-state index contributed by atoms with van der Waals surface area (Å²) in [4.78, 5) is 12.1. The molecule has 3 aromatic rings. The van der Waals surface area contributed by atoms with Gasteiger partial charge in [0.1, 0.15) is 6.54 Å². The van der Waals surface area contributed by atoms with Gasteiger partial charge in [0, 0.05) is 11.9 Å². The number of rotatable bonds is 6. The van der Waals surface area contributed by atoms with E-state index in [0.717, 1.165) is 23.7 Å². The third-order valence-electron chi connectivity index (χ3n) is 3.90. The normalized spacial score (nSPS) is 10.8. The fourth-order valence-electron chi connectivity index (χ4n) is 2.66. The van der Waals surface area contributed by atoms with E-state index in [9.17, 15) is 4.79 Å². The first-order valence-electron chi connectivity index (χ1n) is 7.95. The largest absolute Gasteiger partial charge is 0.354 e. The van der Waals surface area contributed by atoms with Gasteiger partial charge in [-0.2, -0.15) is 5.10 Å². The molecule has 2 aromatic carbocycles. The highest BCUT2D eigenvalue weighted by Gasteiger charge is 2.07. The molecule has 0 unspecified atom stereocenters. The summed E-state index contributed by atoms with van der Waals surface area (Å²) in [6.45, 7) is 2.99. The molecule has 4 heteroatoms. The van der Waals surface area contributed by atoms with E-state index >= 15 is 0 Å². The number of aromatic nitrogens is 2. The second-order valence-corrected chi connectivity index (χ2v) is 5.80. The quantitative estimate of drug-likeness (QED) is 0.711. The summed E-state index contributed by atoms with van der Waals surface area (Å²) in [6.07, 6.45) is 3.72. The number of hydrogen-bond acceptors (Lipinski definition) is 2. The van der Waals surface area contributed by atoms with Crippen molar-refractivity contribution in [1.82, 2.24) is 15.1 Å². The molecule has 0 spiro atoms. The van der Waals surface area contributed by atoms with Crippen molar-refractivity contribution in [3.8, 4) is 0 Å². The number of nitrogens with zero attached hydrogens (tertiary/aromatic N) is 2. The van der Waals surface area contributed by atoms with Crippen LogP contribution >= 0.6 is 0 Å². The molecule has 0 atom stereocenters. The van der Waals surface area contributed by atoms with E-state index in [1.54, 1.807) is 10.9 Å². The van der Waals surface area contributed by atoms with Gasteiger partial charge in [-0.05, 0) is 37.0 Å². The zero-order valence-electron chi connectivity index (χ0n) is 13.3. The van der Waals surface area contributed by atoms with Crippen molar-refractivity contribution in [2.45, 2.75) is 26.3 Å². The lowest BCUT2D eigenvalue weighted by molar-refractivity contribution is -0.121. The van der Waals surface area contributed by atoms with Crippen molar-refractivity contribution in [2.75, 3.05) is 6.54 Å². The van der Waals surface area contributed by atoms with Crippen LogP contribution in [0.5, 0.6) is 0 Å². The lowest BCUT2D eigenvalue weighted by Crippen LogP contribution is -2.29. The Bertz CT molecular complexity index is 793. The maximum Gasteiger partial charge on any atom is 0.241 e. The SMILES string of the molecule is Cc1ccc2cnn(CC(=O)NCCCc3ccccc3)c2c1. The molecule has 23 heavy (non-hydrogen) atoms. The molecule has 0 saturated heterocycles. The van der Waals surface area contributed by atoms with E-state index in [2.05, 4.69) is 34.7 Å². The summed E-state index contributed by atoms with van der Waals surface area (Å²) < 4.78 is 1.76. The van der Waals surface area contributed by atoms with Crippen LogP contribution in [0.25, 0.3) is 10.9 Å². The Kier molecular flexibility index (Phi) is 4.71. The van der Waals surface area contributed by atoms with Crippen LogP contribution in [-0.4, -0.2) is 22.2 Å². The minimum atomic E-state index is 0.00423.